The Labute approximate surface area is 158 Å². The molecular weight excluding hydrogens is 346 g/mol. The highest BCUT2D eigenvalue weighted by molar-refractivity contribution is 6.04. The number of nitrogens with one attached hydrogen (secondary N) is 2. The van der Waals surface area contributed by atoms with Gasteiger partial charge in [-0.2, -0.15) is 0 Å². The summed E-state index contributed by atoms with van der Waals surface area (Å²) in [4.78, 5) is 21.0. The van der Waals surface area contributed by atoms with E-state index in [1.807, 2.05) is 24.3 Å². The minimum atomic E-state index is -0.272. The third-order valence-corrected chi connectivity index (χ3v) is 3.07. The van der Waals surface area contributed by atoms with Crippen molar-refractivity contribution < 1.29 is 18.7 Å². The molecule has 144 valence electrons. The van der Waals surface area contributed by atoms with Crippen LogP contribution in [0.15, 0.2) is 59.0 Å². The Morgan fingerprint density at radius 2 is 1.74 bits per heavy atom. The largest absolute Gasteiger partial charge is 0.497 e. The second-order valence-corrected chi connectivity index (χ2v) is 5.32. The van der Waals surface area contributed by atoms with E-state index in [0.717, 1.165) is 11.1 Å². The van der Waals surface area contributed by atoms with Gasteiger partial charge in [0.25, 0.3) is 5.91 Å². The first-order valence-corrected chi connectivity index (χ1v) is 8.43. The number of methoxy groups -OCH3 is 1. The number of hydrogen-bond donors (Lipinski definition) is 3. The van der Waals surface area contributed by atoms with E-state index in [1.165, 1.54) is 6.42 Å². The smallest absolute Gasteiger partial charge is 0.291 e. The molecule has 3 aromatic rings. The number of amides is 2. The molecule has 0 spiro atoms. The van der Waals surface area contributed by atoms with Crippen LogP contribution >= 0.6 is 0 Å². The lowest BCUT2D eigenvalue weighted by Gasteiger charge is -2.04. The van der Waals surface area contributed by atoms with Crippen LogP contribution in [0.3, 0.4) is 0 Å². The van der Waals surface area contributed by atoms with Crippen LogP contribution in [0.25, 0.3) is 11.0 Å². The van der Waals surface area contributed by atoms with Crippen molar-refractivity contribution in [2.75, 3.05) is 12.4 Å². The predicted molar refractivity (Wildman–Crippen MR) is 107 cm³/mol. The third-order valence-electron chi connectivity index (χ3n) is 3.07. The van der Waals surface area contributed by atoms with Crippen LogP contribution in [-0.4, -0.2) is 19.4 Å². The first kappa shape index (κ1) is 21.7. The molecule has 0 atom stereocenters. The lowest BCUT2D eigenvalue weighted by molar-refractivity contribution is -0.109. The molecule has 7 nitrogen and oxygen atoms in total. The number of benzene rings is 2. The second-order valence-electron chi connectivity index (χ2n) is 5.32. The average molecular weight is 371 g/mol. The minimum Gasteiger partial charge on any atom is -0.497 e. The van der Waals surface area contributed by atoms with E-state index in [-0.39, 0.29) is 5.91 Å². The maximum absolute atomic E-state index is 12.1. The van der Waals surface area contributed by atoms with Gasteiger partial charge in [-0.15, -0.1) is 0 Å². The van der Waals surface area contributed by atoms with Crippen LogP contribution in [0, 0.1) is 0 Å². The number of nitrogens with two attached hydrogens (primary N) is 1. The number of ether oxygens (including phenoxy) is 1. The fourth-order valence-electron chi connectivity index (χ4n) is 1.96. The number of para-hydroxylation sites is 1. The number of carbonyl (C=O) groups excluding carboxylic acids is 2. The number of fused-ring (bicyclic) bond motifs is 1. The highest BCUT2D eigenvalue weighted by Crippen LogP contribution is 2.20. The van der Waals surface area contributed by atoms with E-state index in [4.69, 9.17) is 13.9 Å². The van der Waals surface area contributed by atoms with Crippen LogP contribution in [0.1, 0.15) is 30.8 Å². The molecule has 1 aromatic heterocycles. The normalized spacial score (nSPS) is 9.19. The van der Waals surface area contributed by atoms with Gasteiger partial charge < -0.3 is 14.5 Å². The molecule has 27 heavy (non-hydrogen) atoms. The Kier molecular flexibility index (Phi) is 9.74. The molecule has 0 saturated carbocycles. The maximum Gasteiger partial charge on any atom is 0.291 e. The Morgan fingerprint density at radius 3 is 2.26 bits per heavy atom. The Morgan fingerprint density at radius 1 is 1.15 bits per heavy atom. The summed E-state index contributed by atoms with van der Waals surface area (Å²) in [5, 5.41) is 3.69. The molecular formula is C20H25N3O4. The predicted octanol–water partition coefficient (Wildman–Crippen LogP) is 3.72. The topological polar surface area (TPSA) is 107 Å². The molecule has 0 saturated heterocycles. The second kappa shape index (κ2) is 12.1. The SMILES string of the molecule is CCC.COc1ccc(NC(=O)c2cc3ccccc3o2)cc1.NNC=O. The summed E-state index contributed by atoms with van der Waals surface area (Å²) in [5.74, 6) is 5.17. The van der Waals surface area contributed by atoms with Crippen molar-refractivity contribution in [1.29, 1.82) is 0 Å². The molecule has 0 bridgehead atoms. The summed E-state index contributed by atoms with van der Waals surface area (Å²) in [5.41, 5.74) is 3.14. The summed E-state index contributed by atoms with van der Waals surface area (Å²) in [6.07, 6.45) is 1.65. The standard InChI is InChI=1S/C16H13NO3.C3H8.CH4N2O/c1-19-13-8-6-12(7-9-13)17-16(18)15-10-11-4-2-3-5-14(11)20-15;1-3-2;2-3-1-4/h2-10H,1H3,(H,17,18);3H2,1-2H3;1H,2H2,(H,3,4). The third kappa shape index (κ3) is 7.21. The van der Waals surface area contributed by atoms with Gasteiger partial charge in [-0.25, -0.2) is 5.84 Å². The number of rotatable bonds is 4. The van der Waals surface area contributed by atoms with E-state index in [0.29, 0.717) is 23.4 Å². The number of furan rings is 1. The molecule has 1 heterocycles. The highest BCUT2D eigenvalue weighted by Gasteiger charge is 2.12. The molecule has 3 rings (SSSR count). The summed E-state index contributed by atoms with van der Waals surface area (Å²) in [7, 11) is 1.60. The van der Waals surface area contributed by atoms with Crippen LogP contribution in [-0.2, 0) is 4.79 Å². The van der Waals surface area contributed by atoms with Crippen molar-refractivity contribution in [3.05, 3.63) is 60.4 Å². The van der Waals surface area contributed by atoms with Gasteiger partial charge in [0.05, 0.1) is 7.11 Å². The maximum atomic E-state index is 12.1. The number of carbonyl (C=O) groups is 2. The molecule has 0 radical (unpaired) electrons. The number of hydrazine groups is 1. The fourth-order valence-corrected chi connectivity index (χ4v) is 1.96. The van der Waals surface area contributed by atoms with Gasteiger partial charge in [0, 0.05) is 11.1 Å². The van der Waals surface area contributed by atoms with E-state index < -0.39 is 0 Å². The van der Waals surface area contributed by atoms with Crippen molar-refractivity contribution in [3.8, 4) is 5.75 Å². The van der Waals surface area contributed by atoms with E-state index >= 15 is 0 Å². The van der Waals surface area contributed by atoms with E-state index in [1.54, 1.807) is 42.9 Å². The van der Waals surface area contributed by atoms with Crippen molar-refractivity contribution in [1.82, 2.24) is 5.43 Å². The van der Waals surface area contributed by atoms with Gasteiger partial charge in [-0.1, -0.05) is 38.5 Å². The molecule has 7 heteroatoms. The lowest BCUT2D eigenvalue weighted by Crippen LogP contribution is -2.18. The first-order valence-electron chi connectivity index (χ1n) is 8.43. The van der Waals surface area contributed by atoms with Crippen LogP contribution < -0.4 is 21.3 Å². The molecule has 0 aliphatic rings. The van der Waals surface area contributed by atoms with Gasteiger partial charge in [0.15, 0.2) is 5.76 Å². The molecule has 4 N–H and O–H groups in total. The van der Waals surface area contributed by atoms with Gasteiger partial charge in [-0.05, 0) is 36.4 Å². The first-order chi connectivity index (χ1) is 13.1. The quantitative estimate of drug-likeness (QED) is 0.280. The lowest BCUT2D eigenvalue weighted by atomic mass is 10.2. The fraction of sp³-hybridized carbons (Fsp3) is 0.200. The monoisotopic (exact) mass is 371 g/mol. The number of hydrogen-bond acceptors (Lipinski definition) is 5. The molecule has 0 aliphatic carbocycles. The Hall–Kier alpha value is -3.32. The zero-order chi connectivity index (χ0) is 20.1. The summed E-state index contributed by atoms with van der Waals surface area (Å²) >= 11 is 0. The summed E-state index contributed by atoms with van der Waals surface area (Å²) < 4.78 is 10.6. The summed E-state index contributed by atoms with van der Waals surface area (Å²) in [6, 6.07) is 16.4. The van der Waals surface area contributed by atoms with Crippen molar-refractivity contribution in [2.45, 2.75) is 20.3 Å². The average Bonchev–Trinajstić information content (AvgIpc) is 3.14. The van der Waals surface area contributed by atoms with Crippen molar-refractivity contribution in [3.63, 3.8) is 0 Å². The van der Waals surface area contributed by atoms with Crippen molar-refractivity contribution >= 4 is 29.0 Å². The Bertz CT molecular complexity index is 796. The Balaban J connectivity index is 0.000000453. The van der Waals surface area contributed by atoms with Gasteiger partial charge in [0.1, 0.15) is 11.3 Å². The molecule has 2 amide bonds. The van der Waals surface area contributed by atoms with Gasteiger partial charge in [-0.3, -0.25) is 15.0 Å². The van der Waals surface area contributed by atoms with E-state index in [2.05, 4.69) is 25.0 Å². The molecule has 2 aromatic carbocycles. The van der Waals surface area contributed by atoms with Crippen molar-refractivity contribution in [2.24, 2.45) is 5.84 Å². The molecule has 0 fully saturated rings. The van der Waals surface area contributed by atoms with Crippen LogP contribution in [0.2, 0.25) is 0 Å². The summed E-state index contributed by atoms with van der Waals surface area (Å²) in [6.45, 7) is 4.25. The van der Waals surface area contributed by atoms with Crippen LogP contribution in [0.5, 0.6) is 5.75 Å². The van der Waals surface area contributed by atoms with Gasteiger partial charge >= 0.3 is 0 Å². The zero-order valence-electron chi connectivity index (χ0n) is 15.7. The van der Waals surface area contributed by atoms with Crippen LogP contribution in [0.4, 0.5) is 5.69 Å². The molecule has 0 unspecified atom stereocenters. The zero-order valence-corrected chi connectivity index (χ0v) is 15.7. The number of anilines is 1. The molecule has 0 aliphatic heterocycles. The van der Waals surface area contributed by atoms with E-state index in [9.17, 15) is 4.79 Å². The minimum absolute atomic E-state index is 0.272. The highest BCUT2D eigenvalue weighted by atomic mass is 16.5. The van der Waals surface area contributed by atoms with Gasteiger partial charge in [0.2, 0.25) is 6.41 Å².